The van der Waals surface area contributed by atoms with E-state index in [1.807, 2.05) is 6.07 Å². The first kappa shape index (κ1) is 15.9. The monoisotopic (exact) mass is 318 g/mol. The van der Waals surface area contributed by atoms with Crippen molar-refractivity contribution in [2.24, 2.45) is 0 Å². The first-order valence-corrected chi connectivity index (χ1v) is 6.94. The first-order chi connectivity index (χ1) is 10.5. The summed E-state index contributed by atoms with van der Waals surface area (Å²) >= 11 is 5.85. The molecule has 2 N–H and O–H groups in total. The molecule has 0 unspecified atom stereocenters. The van der Waals surface area contributed by atoms with Crippen molar-refractivity contribution in [3.05, 3.63) is 64.1 Å². The predicted molar refractivity (Wildman–Crippen MR) is 84.3 cm³/mol. The third-order valence-corrected chi connectivity index (χ3v) is 3.10. The van der Waals surface area contributed by atoms with Gasteiger partial charge in [-0.05, 0) is 43.7 Å². The zero-order valence-corrected chi connectivity index (χ0v) is 12.9. The Hall–Kier alpha value is -2.53. The molecule has 0 spiro atoms. The zero-order chi connectivity index (χ0) is 16.1. The van der Waals surface area contributed by atoms with Gasteiger partial charge < -0.3 is 4.42 Å². The van der Waals surface area contributed by atoms with Crippen LogP contribution in [0.3, 0.4) is 0 Å². The highest BCUT2D eigenvalue weighted by atomic mass is 35.5. The Morgan fingerprint density at radius 1 is 1.18 bits per heavy atom. The Balaban J connectivity index is 1.90. The number of nitrogens with one attached hydrogen (secondary N) is 2. The van der Waals surface area contributed by atoms with Crippen LogP contribution in [0.1, 0.15) is 27.4 Å². The minimum Gasteiger partial charge on any atom is -0.466 e. The number of rotatable bonds is 3. The van der Waals surface area contributed by atoms with Crippen LogP contribution in [-0.4, -0.2) is 11.8 Å². The number of halogens is 1. The van der Waals surface area contributed by atoms with Crippen LogP contribution in [0.2, 0.25) is 5.02 Å². The number of carbonyl (C=O) groups excluding carboxylic acids is 2. The summed E-state index contributed by atoms with van der Waals surface area (Å²) in [4.78, 5) is 23.5. The van der Waals surface area contributed by atoms with Gasteiger partial charge in [0.1, 0.15) is 11.5 Å². The Morgan fingerprint density at radius 2 is 1.95 bits per heavy atom. The molecule has 0 aliphatic heterocycles. The zero-order valence-electron chi connectivity index (χ0n) is 12.1. The predicted octanol–water partition coefficient (Wildman–Crippen LogP) is 3.02. The molecule has 1 aromatic heterocycles. The quantitative estimate of drug-likeness (QED) is 0.675. The highest BCUT2D eigenvalue weighted by Crippen LogP contribution is 2.13. The summed E-state index contributed by atoms with van der Waals surface area (Å²) in [5, 5.41) is 0.585. The lowest BCUT2D eigenvalue weighted by Crippen LogP contribution is -2.40. The molecule has 22 heavy (non-hydrogen) atoms. The van der Waals surface area contributed by atoms with Crippen molar-refractivity contribution in [1.82, 2.24) is 10.9 Å². The third-order valence-electron chi connectivity index (χ3n) is 2.86. The molecule has 0 saturated heterocycles. The fraction of sp³-hybridized carbons (Fsp3) is 0.125. The summed E-state index contributed by atoms with van der Waals surface area (Å²) in [6.45, 7) is 3.43. The van der Waals surface area contributed by atoms with Crippen molar-refractivity contribution in [2.45, 2.75) is 13.8 Å². The van der Waals surface area contributed by atoms with Crippen LogP contribution in [0.25, 0.3) is 6.08 Å². The second kappa shape index (κ2) is 6.95. The van der Waals surface area contributed by atoms with Crippen LogP contribution in [0.5, 0.6) is 0 Å². The van der Waals surface area contributed by atoms with E-state index < -0.39 is 11.8 Å². The van der Waals surface area contributed by atoms with Crippen molar-refractivity contribution in [2.75, 3.05) is 0 Å². The van der Waals surface area contributed by atoms with Crippen molar-refractivity contribution in [3.63, 3.8) is 0 Å². The van der Waals surface area contributed by atoms with Gasteiger partial charge in [-0.15, -0.1) is 0 Å². The maximum absolute atomic E-state index is 11.9. The molecule has 0 fully saturated rings. The van der Waals surface area contributed by atoms with Crippen LogP contribution in [0.4, 0.5) is 0 Å². The summed E-state index contributed by atoms with van der Waals surface area (Å²) in [7, 11) is 0. The smallest absolute Gasteiger partial charge is 0.273 e. The molecule has 1 aromatic carbocycles. The minimum absolute atomic E-state index is 0.386. The van der Waals surface area contributed by atoms with E-state index in [9.17, 15) is 9.59 Å². The van der Waals surface area contributed by atoms with E-state index in [1.54, 1.807) is 44.2 Å². The fourth-order valence-corrected chi connectivity index (χ4v) is 2.06. The Labute approximate surface area is 132 Å². The average molecular weight is 319 g/mol. The molecule has 0 bridgehead atoms. The summed E-state index contributed by atoms with van der Waals surface area (Å²) < 4.78 is 5.26. The lowest BCUT2D eigenvalue weighted by molar-refractivity contribution is -0.117. The molecule has 2 rings (SSSR count). The lowest BCUT2D eigenvalue weighted by atomic mass is 10.2. The maximum atomic E-state index is 11.9. The molecule has 114 valence electrons. The van der Waals surface area contributed by atoms with E-state index in [-0.39, 0.29) is 0 Å². The molecule has 0 radical (unpaired) electrons. The van der Waals surface area contributed by atoms with E-state index in [0.29, 0.717) is 22.1 Å². The van der Waals surface area contributed by atoms with Gasteiger partial charge in [-0.3, -0.25) is 20.4 Å². The largest absolute Gasteiger partial charge is 0.466 e. The van der Waals surface area contributed by atoms with Gasteiger partial charge in [-0.1, -0.05) is 23.7 Å². The van der Waals surface area contributed by atoms with E-state index in [0.717, 1.165) is 5.56 Å². The molecule has 0 saturated carbocycles. The van der Waals surface area contributed by atoms with Crippen LogP contribution in [0.15, 0.2) is 40.8 Å². The standard InChI is InChI=1S/C16H15ClN2O3/c1-10-8-14(11(2)22-10)16(21)19-18-15(20)7-6-12-4-3-5-13(17)9-12/h3-9H,1-2H3,(H,18,20)(H,19,21)/b7-6+. The van der Waals surface area contributed by atoms with Gasteiger partial charge in [0.25, 0.3) is 11.8 Å². The molecule has 2 amide bonds. The highest BCUT2D eigenvalue weighted by Gasteiger charge is 2.13. The number of furan rings is 1. The summed E-state index contributed by atoms with van der Waals surface area (Å²) in [5.41, 5.74) is 5.80. The number of benzene rings is 1. The SMILES string of the molecule is Cc1cc(C(=O)NNC(=O)/C=C/c2cccc(Cl)c2)c(C)o1. The number of amides is 2. The molecule has 0 aliphatic rings. The molecule has 5 nitrogen and oxygen atoms in total. The van der Waals surface area contributed by atoms with Gasteiger partial charge in [0, 0.05) is 11.1 Å². The van der Waals surface area contributed by atoms with Gasteiger partial charge in [-0.25, -0.2) is 0 Å². The Kier molecular flexibility index (Phi) is 5.01. The minimum atomic E-state index is -0.453. The van der Waals surface area contributed by atoms with E-state index >= 15 is 0 Å². The topological polar surface area (TPSA) is 71.3 Å². The highest BCUT2D eigenvalue weighted by molar-refractivity contribution is 6.30. The van der Waals surface area contributed by atoms with Crippen LogP contribution >= 0.6 is 11.6 Å². The third kappa shape index (κ3) is 4.23. The Bertz CT molecular complexity index is 735. The Morgan fingerprint density at radius 3 is 2.59 bits per heavy atom. The van der Waals surface area contributed by atoms with Gasteiger partial charge >= 0.3 is 0 Å². The molecule has 0 atom stereocenters. The summed E-state index contributed by atoms with van der Waals surface area (Å²) in [6, 6.07) is 8.67. The van der Waals surface area contributed by atoms with Crippen LogP contribution < -0.4 is 10.9 Å². The van der Waals surface area contributed by atoms with Crippen molar-refractivity contribution >= 4 is 29.5 Å². The molecule has 6 heteroatoms. The fourth-order valence-electron chi connectivity index (χ4n) is 1.87. The second-order valence-electron chi connectivity index (χ2n) is 4.66. The van der Waals surface area contributed by atoms with Gasteiger partial charge in [-0.2, -0.15) is 0 Å². The number of hydrazine groups is 1. The maximum Gasteiger partial charge on any atom is 0.273 e. The summed E-state index contributed by atoms with van der Waals surface area (Å²) in [5.74, 6) is 0.249. The van der Waals surface area contributed by atoms with Crippen molar-refractivity contribution < 1.29 is 14.0 Å². The molecular weight excluding hydrogens is 304 g/mol. The molecule has 0 aliphatic carbocycles. The van der Waals surface area contributed by atoms with E-state index in [2.05, 4.69) is 10.9 Å². The number of hydrogen-bond donors (Lipinski definition) is 2. The number of carbonyl (C=O) groups is 2. The molecule has 2 aromatic rings. The normalized spacial score (nSPS) is 10.7. The average Bonchev–Trinajstić information content (AvgIpc) is 2.81. The van der Waals surface area contributed by atoms with E-state index in [1.165, 1.54) is 6.08 Å². The van der Waals surface area contributed by atoms with Gasteiger partial charge in [0.15, 0.2) is 0 Å². The van der Waals surface area contributed by atoms with Crippen LogP contribution in [-0.2, 0) is 4.79 Å². The molecular formula is C16H15ClN2O3. The van der Waals surface area contributed by atoms with Crippen molar-refractivity contribution in [3.8, 4) is 0 Å². The van der Waals surface area contributed by atoms with E-state index in [4.69, 9.17) is 16.0 Å². The van der Waals surface area contributed by atoms with Gasteiger partial charge in [0.2, 0.25) is 0 Å². The van der Waals surface area contributed by atoms with Crippen LogP contribution in [0, 0.1) is 13.8 Å². The number of hydrogen-bond acceptors (Lipinski definition) is 3. The molecule has 1 heterocycles. The first-order valence-electron chi connectivity index (χ1n) is 6.56. The van der Waals surface area contributed by atoms with Gasteiger partial charge in [0.05, 0.1) is 5.56 Å². The van der Waals surface area contributed by atoms with Crippen molar-refractivity contribution in [1.29, 1.82) is 0 Å². The second-order valence-corrected chi connectivity index (χ2v) is 5.10. The number of aryl methyl sites for hydroxylation is 2. The lowest BCUT2D eigenvalue weighted by Gasteiger charge is -2.04. The summed E-state index contributed by atoms with van der Waals surface area (Å²) in [6.07, 6.45) is 2.90.